The average Bonchev–Trinajstić information content (AvgIpc) is 3.20. The maximum absolute atomic E-state index is 12.2. The van der Waals surface area contributed by atoms with Crippen molar-refractivity contribution in [3.8, 4) is 17.3 Å². The van der Waals surface area contributed by atoms with Gasteiger partial charge in [-0.15, -0.1) is 15.3 Å². The summed E-state index contributed by atoms with van der Waals surface area (Å²) < 4.78 is 7.20. The summed E-state index contributed by atoms with van der Waals surface area (Å²) in [6.07, 6.45) is 0. The van der Waals surface area contributed by atoms with Gasteiger partial charge >= 0.3 is 0 Å². The molecular formula is C20H15ClN6O4. The van der Waals surface area contributed by atoms with E-state index in [4.69, 9.17) is 16.3 Å². The highest BCUT2D eigenvalue weighted by Gasteiger charge is 2.15. The molecule has 0 radical (unpaired) electrons. The number of amides is 1. The Hall–Kier alpha value is -4.05. The topological polar surface area (TPSA) is 125 Å². The molecule has 4 aromatic rings. The third-order valence-corrected chi connectivity index (χ3v) is 4.63. The highest BCUT2D eigenvalue weighted by atomic mass is 35.5. The summed E-state index contributed by atoms with van der Waals surface area (Å²) in [7, 11) is 0. The molecule has 2 aromatic carbocycles. The Kier molecular flexibility index (Phi) is 5.72. The second-order valence-electron chi connectivity index (χ2n) is 6.36. The molecule has 0 aliphatic rings. The molecule has 11 heteroatoms. The number of carbonyl (C=O) groups excluding carboxylic acids is 1. The van der Waals surface area contributed by atoms with Crippen LogP contribution < -0.4 is 10.1 Å². The quantitative estimate of drug-likeness (QED) is 0.267. The van der Waals surface area contributed by atoms with E-state index in [9.17, 15) is 14.9 Å². The summed E-state index contributed by atoms with van der Waals surface area (Å²) in [5, 5.41) is 26.1. The molecule has 0 saturated carbocycles. The summed E-state index contributed by atoms with van der Waals surface area (Å²) >= 11 is 5.97. The van der Waals surface area contributed by atoms with Crippen LogP contribution in [0, 0.1) is 10.1 Å². The van der Waals surface area contributed by atoms with Gasteiger partial charge in [-0.25, -0.2) is 0 Å². The minimum Gasteiger partial charge on any atom is -0.475 e. The van der Waals surface area contributed by atoms with E-state index in [1.54, 1.807) is 16.6 Å². The van der Waals surface area contributed by atoms with E-state index in [1.807, 2.05) is 30.3 Å². The third kappa shape index (κ3) is 4.43. The highest BCUT2D eigenvalue weighted by molar-refractivity contribution is 6.34. The van der Waals surface area contributed by atoms with Crippen molar-refractivity contribution < 1.29 is 14.5 Å². The summed E-state index contributed by atoms with van der Waals surface area (Å²) in [4.78, 5) is 22.4. The van der Waals surface area contributed by atoms with Crippen LogP contribution >= 0.6 is 11.6 Å². The van der Waals surface area contributed by atoms with Gasteiger partial charge in [0.05, 0.1) is 22.1 Å². The van der Waals surface area contributed by atoms with Crippen molar-refractivity contribution in [2.75, 3.05) is 13.2 Å². The second kappa shape index (κ2) is 8.76. The van der Waals surface area contributed by atoms with Crippen LogP contribution in [0.2, 0.25) is 5.02 Å². The van der Waals surface area contributed by atoms with Crippen LogP contribution in [0.1, 0.15) is 10.4 Å². The number of nitro benzene ring substituents is 1. The molecule has 0 aliphatic heterocycles. The minimum atomic E-state index is -0.579. The van der Waals surface area contributed by atoms with Crippen molar-refractivity contribution in [2.24, 2.45) is 0 Å². The lowest BCUT2D eigenvalue weighted by Crippen LogP contribution is -2.28. The number of rotatable bonds is 7. The lowest BCUT2D eigenvalue weighted by atomic mass is 10.2. The lowest BCUT2D eigenvalue weighted by Gasteiger charge is -2.08. The van der Waals surface area contributed by atoms with Gasteiger partial charge in [-0.05, 0) is 12.1 Å². The lowest BCUT2D eigenvalue weighted by molar-refractivity contribution is -0.384. The molecule has 10 nitrogen and oxygen atoms in total. The Labute approximate surface area is 180 Å². The zero-order valence-electron chi connectivity index (χ0n) is 15.9. The first kappa shape index (κ1) is 20.2. The largest absolute Gasteiger partial charge is 0.475 e. The standard InChI is InChI=1S/C20H15ClN6O4/c21-16-12-14(27(29)30)6-7-15(16)20(28)22-10-11-31-18-9-8-17-23-24-19(26(17)25-18)13-4-2-1-3-5-13/h1-9,12H,10-11H2,(H,22,28). The van der Waals surface area contributed by atoms with Gasteiger partial charge in [-0.3, -0.25) is 14.9 Å². The number of halogens is 1. The van der Waals surface area contributed by atoms with E-state index < -0.39 is 10.8 Å². The van der Waals surface area contributed by atoms with Crippen molar-refractivity contribution in [1.29, 1.82) is 0 Å². The number of aromatic nitrogens is 4. The summed E-state index contributed by atoms with van der Waals surface area (Å²) in [5.41, 5.74) is 1.40. The van der Waals surface area contributed by atoms with Crippen molar-refractivity contribution in [2.45, 2.75) is 0 Å². The predicted octanol–water partition coefficient (Wildman–Crippen LogP) is 3.16. The van der Waals surface area contributed by atoms with Crippen LogP contribution in [0.15, 0.2) is 60.7 Å². The van der Waals surface area contributed by atoms with Gasteiger partial charge in [0.1, 0.15) is 6.61 Å². The number of benzene rings is 2. The van der Waals surface area contributed by atoms with Gasteiger partial charge in [0, 0.05) is 23.8 Å². The molecule has 1 N–H and O–H groups in total. The van der Waals surface area contributed by atoms with E-state index in [2.05, 4.69) is 20.6 Å². The molecule has 31 heavy (non-hydrogen) atoms. The average molecular weight is 439 g/mol. The Morgan fingerprint density at radius 3 is 2.68 bits per heavy atom. The van der Waals surface area contributed by atoms with E-state index >= 15 is 0 Å². The minimum absolute atomic E-state index is 0.000728. The van der Waals surface area contributed by atoms with Crippen LogP contribution in [0.25, 0.3) is 17.0 Å². The number of hydrogen-bond donors (Lipinski definition) is 1. The monoisotopic (exact) mass is 438 g/mol. The number of hydrogen-bond acceptors (Lipinski definition) is 7. The molecule has 0 bridgehead atoms. The predicted molar refractivity (Wildman–Crippen MR) is 112 cm³/mol. The van der Waals surface area contributed by atoms with E-state index in [0.717, 1.165) is 11.6 Å². The molecule has 4 rings (SSSR count). The van der Waals surface area contributed by atoms with Crippen LogP contribution in [0.5, 0.6) is 5.88 Å². The fourth-order valence-corrected chi connectivity index (χ4v) is 3.09. The maximum atomic E-state index is 12.2. The van der Waals surface area contributed by atoms with Crippen LogP contribution in [0.4, 0.5) is 5.69 Å². The SMILES string of the molecule is O=C(NCCOc1ccc2nnc(-c3ccccc3)n2n1)c1ccc([N+](=O)[O-])cc1Cl. The smallest absolute Gasteiger partial charge is 0.270 e. The first-order valence-electron chi connectivity index (χ1n) is 9.16. The molecule has 1 amide bonds. The summed E-state index contributed by atoms with van der Waals surface area (Å²) in [6.45, 7) is 0.331. The molecule has 156 valence electrons. The zero-order valence-corrected chi connectivity index (χ0v) is 16.7. The van der Waals surface area contributed by atoms with Gasteiger partial charge in [-0.2, -0.15) is 4.52 Å². The number of nitrogens with zero attached hydrogens (tertiary/aromatic N) is 5. The van der Waals surface area contributed by atoms with Gasteiger partial charge in [0.2, 0.25) is 5.88 Å². The van der Waals surface area contributed by atoms with E-state index in [-0.39, 0.29) is 29.4 Å². The van der Waals surface area contributed by atoms with Gasteiger partial charge in [-0.1, -0.05) is 41.9 Å². The Balaban J connectivity index is 1.38. The number of nitro groups is 1. The highest BCUT2D eigenvalue weighted by Crippen LogP contribution is 2.22. The number of nitrogens with one attached hydrogen (secondary N) is 1. The number of ether oxygens (including phenoxy) is 1. The van der Waals surface area contributed by atoms with Gasteiger partial charge in [0.25, 0.3) is 11.6 Å². The summed E-state index contributed by atoms with van der Waals surface area (Å²) in [6, 6.07) is 16.6. The van der Waals surface area contributed by atoms with E-state index in [0.29, 0.717) is 17.4 Å². The maximum Gasteiger partial charge on any atom is 0.270 e. The molecule has 0 atom stereocenters. The molecule has 2 heterocycles. The fourth-order valence-electron chi connectivity index (χ4n) is 2.83. The van der Waals surface area contributed by atoms with Gasteiger partial charge in [0.15, 0.2) is 11.5 Å². The fraction of sp³-hybridized carbons (Fsp3) is 0.100. The zero-order chi connectivity index (χ0) is 21.8. The van der Waals surface area contributed by atoms with Crippen LogP contribution in [-0.4, -0.2) is 43.8 Å². The van der Waals surface area contributed by atoms with Gasteiger partial charge < -0.3 is 10.1 Å². The molecule has 2 aromatic heterocycles. The van der Waals surface area contributed by atoms with Crippen molar-refractivity contribution in [3.05, 3.63) is 81.4 Å². The Bertz CT molecular complexity index is 1260. The second-order valence-corrected chi connectivity index (χ2v) is 6.76. The number of non-ortho nitro benzene ring substituents is 1. The molecule has 0 spiro atoms. The van der Waals surface area contributed by atoms with Crippen LogP contribution in [-0.2, 0) is 0 Å². The van der Waals surface area contributed by atoms with Crippen LogP contribution in [0.3, 0.4) is 0 Å². The molecule has 0 unspecified atom stereocenters. The number of carbonyl (C=O) groups is 1. The van der Waals surface area contributed by atoms with Crippen molar-refractivity contribution >= 4 is 28.8 Å². The Morgan fingerprint density at radius 2 is 1.94 bits per heavy atom. The van der Waals surface area contributed by atoms with Crippen molar-refractivity contribution in [1.82, 2.24) is 25.1 Å². The van der Waals surface area contributed by atoms with E-state index in [1.165, 1.54) is 12.1 Å². The molecular weight excluding hydrogens is 424 g/mol. The number of fused-ring (bicyclic) bond motifs is 1. The normalized spacial score (nSPS) is 10.7. The molecule has 0 aliphatic carbocycles. The molecule has 0 fully saturated rings. The first-order valence-corrected chi connectivity index (χ1v) is 9.53. The van der Waals surface area contributed by atoms with Crippen molar-refractivity contribution in [3.63, 3.8) is 0 Å². The summed E-state index contributed by atoms with van der Waals surface area (Å²) in [5.74, 6) is 0.464. The molecule has 0 saturated heterocycles. The first-order chi connectivity index (χ1) is 15.0. The third-order valence-electron chi connectivity index (χ3n) is 4.32. The Morgan fingerprint density at radius 1 is 1.13 bits per heavy atom.